The summed E-state index contributed by atoms with van der Waals surface area (Å²) in [6, 6.07) is 3.59. The van der Waals surface area contributed by atoms with Gasteiger partial charge < -0.3 is 4.90 Å². The Hall–Kier alpha value is -2.08. The van der Waals surface area contributed by atoms with Gasteiger partial charge in [-0.1, -0.05) is 38.3 Å². The Balaban J connectivity index is 2.29. The van der Waals surface area contributed by atoms with Gasteiger partial charge in [-0.3, -0.25) is 14.5 Å². The number of ketones is 1. The normalized spacial score (nSPS) is 20.4. The lowest BCUT2D eigenvalue weighted by Gasteiger charge is -2.31. The lowest BCUT2D eigenvalue weighted by atomic mass is 9.85. The number of carbonyl (C=O) groups excluding carboxylic acids is 2. The van der Waals surface area contributed by atoms with Crippen molar-refractivity contribution in [3.05, 3.63) is 47.5 Å². The summed E-state index contributed by atoms with van der Waals surface area (Å²) in [4.78, 5) is 30.0. The highest BCUT2D eigenvalue weighted by molar-refractivity contribution is 5.94. The van der Waals surface area contributed by atoms with Crippen LogP contribution in [-0.2, 0) is 9.59 Å². The molecule has 1 fully saturated rings. The largest absolute Gasteiger partial charge is 0.346 e. The molecule has 6 heteroatoms. The maximum absolute atomic E-state index is 14.6. The first-order chi connectivity index (χ1) is 15.5. The molecule has 1 aliphatic rings. The van der Waals surface area contributed by atoms with Gasteiger partial charge in [0.15, 0.2) is 5.78 Å². The SMILES string of the molecule is CCCCC[C@H](/C=C/C(=O)[C@@H]1CN(C(C)(C)C)C[C@H]1c1ccc(F)cc1F)C(=O)N(C)CC. The highest BCUT2D eigenvalue weighted by atomic mass is 19.1. The molecule has 1 heterocycles. The molecule has 0 unspecified atom stereocenters. The van der Waals surface area contributed by atoms with Crippen molar-refractivity contribution in [1.82, 2.24) is 9.80 Å². The Bertz CT molecular complexity index is 847. The van der Waals surface area contributed by atoms with Crippen LogP contribution in [0, 0.1) is 23.5 Å². The van der Waals surface area contributed by atoms with Crippen LogP contribution in [0.4, 0.5) is 8.78 Å². The zero-order chi connectivity index (χ0) is 24.8. The van der Waals surface area contributed by atoms with Gasteiger partial charge in [-0.15, -0.1) is 0 Å². The Morgan fingerprint density at radius 1 is 1.18 bits per heavy atom. The zero-order valence-electron chi connectivity index (χ0n) is 21.0. The van der Waals surface area contributed by atoms with Gasteiger partial charge in [0, 0.05) is 50.1 Å². The van der Waals surface area contributed by atoms with Crippen LogP contribution in [0.5, 0.6) is 0 Å². The molecule has 3 atom stereocenters. The number of unbranched alkanes of at least 4 members (excludes halogenated alkanes) is 2. The molecule has 0 N–H and O–H groups in total. The minimum atomic E-state index is -0.627. The molecule has 0 saturated carbocycles. The van der Waals surface area contributed by atoms with Gasteiger partial charge in [0.1, 0.15) is 11.6 Å². The average molecular weight is 463 g/mol. The summed E-state index contributed by atoms with van der Waals surface area (Å²) in [6.07, 6.45) is 7.00. The van der Waals surface area contributed by atoms with E-state index < -0.39 is 17.6 Å². The van der Waals surface area contributed by atoms with E-state index in [1.165, 1.54) is 18.2 Å². The highest BCUT2D eigenvalue weighted by Gasteiger charge is 2.42. The number of hydrogen-bond donors (Lipinski definition) is 0. The van der Waals surface area contributed by atoms with Gasteiger partial charge in [-0.05, 0) is 51.8 Å². The van der Waals surface area contributed by atoms with Crippen molar-refractivity contribution < 1.29 is 18.4 Å². The number of nitrogens with zero attached hydrogens (tertiary/aromatic N) is 2. The predicted molar refractivity (Wildman–Crippen MR) is 129 cm³/mol. The van der Waals surface area contributed by atoms with Gasteiger partial charge in [0.2, 0.25) is 5.91 Å². The number of halogens is 2. The summed E-state index contributed by atoms with van der Waals surface area (Å²) in [5.74, 6) is -2.49. The summed E-state index contributed by atoms with van der Waals surface area (Å²) < 4.78 is 28.1. The van der Waals surface area contributed by atoms with Crippen molar-refractivity contribution in [2.45, 2.75) is 71.8 Å². The van der Waals surface area contributed by atoms with Gasteiger partial charge in [-0.2, -0.15) is 0 Å². The van der Waals surface area contributed by atoms with Gasteiger partial charge in [-0.25, -0.2) is 8.78 Å². The molecule has 2 rings (SSSR count). The van der Waals surface area contributed by atoms with Crippen molar-refractivity contribution in [1.29, 1.82) is 0 Å². The Labute approximate surface area is 198 Å². The van der Waals surface area contributed by atoms with Crippen LogP contribution in [0.15, 0.2) is 30.4 Å². The summed E-state index contributed by atoms with van der Waals surface area (Å²) in [7, 11) is 1.77. The number of carbonyl (C=O) groups is 2. The summed E-state index contributed by atoms with van der Waals surface area (Å²) in [5, 5.41) is 0. The molecule has 0 bridgehead atoms. The van der Waals surface area contributed by atoms with E-state index in [1.54, 1.807) is 18.0 Å². The van der Waals surface area contributed by atoms with Gasteiger partial charge >= 0.3 is 0 Å². The van der Waals surface area contributed by atoms with Crippen LogP contribution >= 0.6 is 0 Å². The molecule has 4 nitrogen and oxygen atoms in total. The molecule has 1 amide bonds. The lowest BCUT2D eigenvalue weighted by molar-refractivity contribution is -0.132. The fourth-order valence-corrected chi connectivity index (χ4v) is 4.45. The van der Waals surface area contributed by atoms with Crippen molar-refractivity contribution in [3.8, 4) is 0 Å². The summed E-state index contributed by atoms with van der Waals surface area (Å²) >= 11 is 0. The lowest BCUT2D eigenvalue weighted by Crippen LogP contribution is -2.40. The number of rotatable bonds is 10. The molecule has 1 aromatic rings. The molecule has 1 saturated heterocycles. The van der Waals surface area contributed by atoms with E-state index in [9.17, 15) is 18.4 Å². The smallest absolute Gasteiger partial charge is 0.229 e. The molecular weight excluding hydrogens is 422 g/mol. The fraction of sp³-hybridized carbons (Fsp3) is 0.630. The number of benzene rings is 1. The van der Waals surface area contributed by atoms with Gasteiger partial charge in [0.25, 0.3) is 0 Å². The van der Waals surface area contributed by atoms with E-state index >= 15 is 0 Å². The fourth-order valence-electron chi connectivity index (χ4n) is 4.45. The first-order valence-electron chi connectivity index (χ1n) is 12.2. The molecular formula is C27H40F2N2O2. The predicted octanol–water partition coefficient (Wildman–Crippen LogP) is 5.58. The van der Waals surface area contributed by atoms with Crippen LogP contribution in [0.25, 0.3) is 0 Å². The maximum atomic E-state index is 14.6. The third-order valence-electron chi connectivity index (χ3n) is 6.78. The van der Waals surface area contributed by atoms with Crippen molar-refractivity contribution in [3.63, 3.8) is 0 Å². The molecule has 0 aliphatic carbocycles. The Morgan fingerprint density at radius 2 is 1.88 bits per heavy atom. The van der Waals surface area contributed by atoms with Crippen LogP contribution in [0.1, 0.15) is 71.8 Å². The first-order valence-corrected chi connectivity index (χ1v) is 12.2. The van der Waals surface area contributed by atoms with Crippen molar-refractivity contribution >= 4 is 11.7 Å². The van der Waals surface area contributed by atoms with E-state index in [-0.39, 0.29) is 29.1 Å². The summed E-state index contributed by atoms with van der Waals surface area (Å²) in [5.41, 5.74) is 0.187. The number of hydrogen-bond acceptors (Lipinski definition) is 3. The summed E-state index contributed by atoms with van der Waals surface area (Å²) in [6.45, 7) is 11.9. The monoisotopic (exact) mass is 462 g/mol. The number of allylic oxidation sites excluding steroid dienone is 1. The quantitative estimate of drug-likeness (QED) is 0.337. The second-order valence-corrected chi connectivity index (χ2v) is 10.2. The van der Waals surface area contributed by atoms with Crippen molar-refractivity contribution in [2.75, 3.05) is 26.7 Å². The minimum absolute atomic E-state index is 0.0153. The third-order valence-corrected chi connectivity index (χ3v) is 6.78. The molecule has 1 aromatic carbocycles. The van der Waals surface area contributed by atoms with Crippen molar-refractivity contribution in [2.24, 2.45) is 11.8 Å². The molecule has 33 heavy (non-hydrogen) atoms. The van der Waals surface area contributed by atoms with E-state index in [1.807, 2.05) is 6.92 Å². The standard InChI is InChI=1S/C27H40F2N2O2/c1-7-9-10-11-19(26(33)30(6)8-2)12-15-25(32)23-18-31(27(3,4)5)17-22(23)21-14-13-20(28)16-24(21)29/h12-16,19,22-23H,7-11,17-18H2,1-6H3/b15-12+/t19-,22+,23-/m1/s1. The van der Waals surface area contributed by atoms with Crippen LogP contribution in [0.2, 0.25) is 0 Å². The Morgan fingerprint density at radius 3 is 2.45 bits per heavy atom. The average Bonchev–Trinajstić information content (AvgIpc) is 3.20. The molecule has 184 valence electrons. The number of amides is 1. The topological polar surface area (TPSA) is 40.6 Å². The second-order valence-electron chi connectivity index (χ2n) is 10.2. The maximum Gasteiger partial charge on any atom is 0.229 e. The highest BCUT2D eigenvalue weighted by Crippen LogP contribution is 2.38. The molecule has 1 aliphatic heterocycles. The van der Waals surface area contributed by atoms with E-state index in [2.05, 4.69) is 32.6 Å². The van der Waals surface area contributed by atoms with E-state index in [0.29, 0.717) is 31.6 Å². The van der Waals surface area contributed by atoms with E-state index in [0.717, 1.165) is 25.3 Å². The number of likely N-dealkylation sites (tertiary alicyclic amines) is 1. The second kappa shape index (κ2) is 11.9. The first kappa shape index (κ1) is 27.2. The van der Waals surface area contributed by atoms with Crippen LogP contribution in [0.3, 0.4) is 0 Å². The molecule has 0 spiro atoms. The third kappa shape index (κ3) is 7.20. The zero-order valence-corrected chi connectivity index (χ0v) is 21.0. The Kier molecular flexibility index (Phi) is 9.77. The molecule has 0 radical (unpaired) electrons. The minimum Gasteiger partial charge on any atom is -0.346 e. The van der Waals surface area contributed by atoms with Crippen LogP contribution < -0.4 is 0 Å². The van der Waals surface area contributed by atoms with Gasteiger partial charge in [0.05, 0.1) is 5.92 Å². The van der Waals surface area contributed by atoms with Crippen LogP contribution in [-0.4, -0.2) is 53.7 Å². The van der Waals surface area contributed by atoms with E-state index in [4.69, 9.17) is 0 Å². The molecule has 0 aromatic heterocycles.